The zero-order valence-corrected chi connectivity index (χ0v) is 12.6. The maximum Gasteiger partial charge on any atom is 0.129 e. The van der Waals surface area contributed by atoms with Gasteiger partial charge in [0, 0.05) is 42.3 Å². The monoisotopic (exact) mass is 326 g/mol. The molecule has 0 bridgehead atoms. The summed E-state index contributed by atoms with van der Waals surface area (Å²) in [6.45, 7) is 4.04. The first-order valence-corrected chi connectivity index (χ1v) is 7.93. The van der Waals surface area contributed by atoms with Crippen molar-refractivity contribution in [3.8, 4) is 0 Å². The third kappa shape index (κ3) is 3.18. The number of piperazine rings is 1. The van der Waals surface area contributed by atoms with Crippen molar-refractivity contribution >= 4 is 15.9 Å². The molecular weight excluding hydrogens is 307 g/mol. The van der Waals surface area contributed by atoms with E-state index in [4.69, 9.17) is 0 Å². The lowest BCUT2D eigenvalue weighted by molar-refractivity contribution is 0.157. The van der Waals surface area contributed by atoms with E-state index in [1.165, 1.54) is 12.8 Å². The number of hydrogen-bond donors (Lipinski definition) is 1. The Morgan fingerprint density at radius 2 is 2.05 bits per heavy atom. The van der Waals surface area contributed by atoms with Gasteiger partial charge in [0.15, 0.2) is 0 Å². The summed E-state index contributed by atoms with van der Waals surface area (Å²) in [5, 5.41) is 3.37. The summed E-state index contributed by atoms with van der Waals surface area (Å²) in [6, 6.07) is 5.54. The van der Waals surface area contributed by atoms with Gasteiger partial charge in [-0.05, 0) is 24.5 Å². The molecule has 2 aliphatic rings. The molecule has 1 aliphatic heterocycles. The molecule has 1 N–H and O–H groups in total. The zero-order valence-electron chi connectivity index (χ0n) is 11.0. The van der Waals surface area contributed by atoms with Crippen molar-refractivity contribution in [2.45, 2.75) is 25.3 Å². The highest BCUT2D eigenvalue weighted by atomic mass is 79.9. The minimum atomic E-state index is -0.0708. The van der Waals surface area contributed by atoms with Crippen LogP contribution in [0.3, 0.4) is 0 Å². The molecule has 0 unspecified atom stereocenters. The van der Waals surface area contributed by atoms with Gasteiger partial charge >= 0.3 is 0 Å². The van der Waals surface area contributed by atoms with Crippen LogP contribution < -0.4 is 5.32 Å². The minimum absolute atomic E-state index is 0.0708. The molecule has 1 atom stereocenters. The quantitative estimate of drug-likeness (QED) is 0.912. The van der Waals surface area contributed by atoms with Crippen LogP contribution in [0.4, 0.5) is 4.39 Å². The van der Waals surface area contributed by atoms with Crippen LogP contribution in [0.15, 0.2) is 22.7 Å². The molecule has 1 aromatic carbocycles. The maximum absolute atomic E-state index is 14.3. The molecule has 1 saturated carbocycles. The van der Waals surface area contributed by atoms with Crippen LogP contribution in [0.25, 0.3) is 0 Å². The number of halogens is 2. The van der Waals surface area contributed by atoms with Crippen LogP contribution in [0.5, 0.6) is 0 Å². The van der Waals surface area contributed by atoms with Crippen molar-refractivity contribution in [1.82, 2.24) is 10.2 Å². The summed E-state index contributed by atoms with van der Waals surface area (Å²) < 4.78 is 15.2. The zero-order chi connectivity index (χ0) is 13.2. The van der Waals surface area contributed by atoms with Crippen molar-refractivity contribution in [2.75, 3.05) is 26.2 Å². The Morgan fingerprint density at radius 3 is 2.68 bits per heavy atom. The number of nitrogens with one attached hydrogen (secondary N) is 1. The topological polar surface area (TPSA) is 15.3 Å². The number of benzene rings is 1. The van der Waals surface area contributed by atoms with Gasteiger partial charge in [-0.2, -0.15) is 0 Å². The Labute approximate surface area is 122 Å². The summed E-state index contributed by atoms with van der Waals surface area (Å²) in [5.74, 6) is 0.727. The van der Waals surface area contributed by atoms with Crippen LogP contribution in [0.2, 0.25) is 0 Å². The minimum Gasteiger partial charge on any atom is -0.314 e. The predicted octanol–water partition coefficient (Wildman–Crippen LogP) is 3.33. The molecule has 3 rings (SSSR count). The molecule has 0 aromatic heterocycles. The molecule has 1 aromatic rings. The summed E-state index contributed by atoms with van der Waals surface area (Å²) in [4.78, 5) is 2.44. The Balaban J connectivity index is 1.88. The normalized spacial score (nSPS) is 22.4. The lowest BCUT2D eigenvalue weighted by atomic mass is 9.98. The van der Waals surface area contributed by atoms with Gasteiger partial charge in [0.1, 0.15) is 5.82 Å². The number of hydrogen-bond acceptors (Lipinski definition) is 2. The molecule has 1 aliphatic carbocycles. The Kier molecular flexibility index (Phi) is 4.20. The van der Waals surface area contributed by atoms with Crippen molar-refractivity contribution in [3.05, 3.63) is 34.1 Å². The average molecular weight is 327 g/mol. The first kappa shape index (κ1) is 13.5. The van der Waals surface area contributed by atoms with Crippen LogP contribution in [-0.2, 0) is 0 Å². The second-order valence-electron chi connectivity index (χ2n) is 5.62. The first-order chi connectivity index (χ1) is 9.25. The smallest absolute Gasteiger partial charge is 0.129 e. The van der Waals surface area contributed by atoms with Crippen LogP contribution >= 0.6 is 15.9 Å². The van der Waals surface area contributed by atoms with E-state index in [-0.39, 0.29) is 11.9 Å². The van der Waals surface area contributed by atoms with Gasteiger partial charge in [0.05, 0.1) is 0 Å². The standard InChI is InChI=1S/C15H20BrFN2/c16-12-2-1-3-13(17)15(12)14(10-11-4-5-11)19-8-6-18-7-9-19/h1-3,11,14,18H,4-10H2/t14-/m1/s1. The van der Waals surface area contributed by atoms with E-state index in [9.17, 15) is 4.39 Å². The van der Waals surface area contributed by atoms with Gasteiger partial charge in [0.2, 0.25) is 0 Å². The van der Waals surface area contributed by atoms with E-state index in [1.807, 2.05) is 6.07 Å². The van der Waals surface area contributed by atoms with Gasteiger partial charge in [0.25, 0.3) is 0 Å². The largest absolute Gasteiger partial charge is 0.314 e. The van der Waals surface area contributed by atoms with E-state index in [2.05, 4.69) is 26.1 Å². The van der Waals surface area contributed by atoms with Crippen LogP contribution in [-0.4, -0.2) is 31.1 Å². The van der Waals surface area contributed by atoms with E-state index in [0.717, 1.165) is 48.6 Å². The van der Waals surface area contributed by atoms with Crippen molar-refractivity contribution < 1.29 is 4.39 Å². The third-order valence-electron chi connectivity index (χ3n) is 4.18. The summed E-state index contributed by atoms with van der Waals surface area (Å²) in [7, 11) is 0. The van der Waals surface area contributed by atoms with Crippen molar-refractivity contribution in [3.63, 3.8) is 0 Å². The van der Waals surface area contributed by atoms with E-state index in [0.29, 0.717) is 0 Å². The molecule has 19 heavy (non-hydrogen) atoms. The Hall–Kier alpha value is -0.450. The molecule has 1 heterocycles. The molecule has 104 valence electrons. The van der Waals surface area contributed by atoms with Crippen LogP contribution in [0, 0.1) is 11.7 Å². The molecule has 1 saturated heterocycles. The molecule has 0 spiro atoms. The molecule has 4 heteroatoms. The van der Waals surface area contributed by atoms with Gasteiger partial charge < -0.3 is 5.32 Å². The average Bonchev–Trinajstić information content (AvgIpc) is 3.22. The van der Waals surface area contributed by atoms with Crippen molar-refractivity contribution in [1.29, 1.82) is 0 Å². The molecule has 0 radical (unpaired) electrons. The van der Waals surface area contributed by atoms with Gasteiger partial charge in [-0.15, -0.1) is 0 Å². The summed E-state index contributed by atoms with van der Waals surface area (Å²) in [6.07, 6.45) is 3.73. The van der Waals surface area contributed by atoms with Crippen LogP contribution in [0.1, 0.15) is 30.9 Å². The van der Waals surface area contributed by atoms with Gasteiger partial charge in [-0.25, -0.2) is 4.39 Å². The highest BCUT2D eigenvalue weighted by Gasteiger charge is 2.32. The number of rotatable bonds is 4. The highest BCUT2D eigenvalue weighted by Crippen LogP contribution is 2.42. The Bertz CT molecular complexity index is 422. The SMILES string of the molecule is Fc1cccc(Br)c1[C@@H](CC1CC1)N1CCNCC1. The fourth-order valence-electron chi connectivity index (χ4n) is 2.94. The third-order valence-corrected chi connectivity index (χ3v) is 4.87. The summed E-state index contributed by atoms with van der Waals surface area (Å²) in [5.41, 5.74) is 0.858. The Morgan fingerprint density at radius 1 is 1.32 bits per heavy atom. The fraction of sp³-hybridized carbons (Fsp3) is 0.600. The van der Waals surface area contributed by atoms with Gasteiger partial charge in [-0.1, -0.05) is 34.8 Å². The first-order valence-electron chi connectivity index (χ1n) is 7.14. The molecular formula is C15H20BrFN2. The van der Waals surface area contributed by atoms with Gasteiger partial charge in [-0.3, -0.25) is 4.90 Å². The highest BCUT2D eigenvalue weighted by molar-refractivity contribution is 9.10. The molecule has 2 fully saturated rings. The van der Waals surface area contributed by atoms with E-state index in [1.54, 1.807) is 12.1 Å². The molecule has 0 amide bonds. The van der Waals surface area contributed by atoms with E-state index >= 15 is 0 Å². The predicted molar refractivity (Wildman–Crippen MR) is 78.6 cm³/mol. The van der Waals surface area contributed by atoms with E-state index < -0.39 is 0 Å². The molecule has 2 nitrogen and oxygen atoms in total. The number of nitrogens with zero attached hydrogens (tertiary/aromatic N) is 1. The summed E-state index contributed by atoms with van der Waals surface area (Å²) >= 11 is 3.54. The second kappa shape index (κ2) is 5.90. The second-order valence-corrected chi connectivity index (χ2v) is 6.47. The lowest BCUT2D eigenvalue weighted by Gasteiger charge is -2.36. The maximum atomic E-state index is 14.3. The van der Waals surface area contributed by atoms with Crippen molar-refractivity contribution in [2.24, 2.45) is 5.92 Å². The lowest BCUT2D eigenvalue weighted by Crippen LogP contribution is -2.45. The fourth-order valence-corrected chi connectivity index (χ4v) is 3.55.